The van der Waals surface area contributed by atoms with E-state index in [-0.39, 0.29) is 11.4 Å². The summed E-state index contributed by atoms with van der Waals surface area (Å²) >= 11 is 0. The molecule has 5 heteroatoms. The van der Waals surface area contributed by atoms with Crippen LogP contribution in [0.1, 0.15) is 20.8 Å². The molecule has 2 N–H and O–H groups in total. The number of amides is 1. The molecular weight excluding hydrogens is 276 g/mol. The SMILES string of the molecule is CN1CCN(c2ccc(NC(=O)CNC(C)(C)C)cc2)CC1. The number of piperazine rings is 1. The average molecular weight is 304 g/mol. The first-order valence-electron chi connectivity index (χ1n) is 7.92. The highest BCUT2D eigenvalue weighted by molar-refractivity contribution is 5.92. The maximum atomic E-state index is 11.9. The van der Waals surface area contributed by atoms with Gasteiger partial charge in [0, 0.05) is 43.1 Å². The molecule has 1 aliphatic rings. The van der Waals surface area contributed by atoms with Crippen molar-refractivity contribution >= 4 is 17.3 Å². The molecule has 1 heterocycles. The highest BCUT2D eigenvalue weighted by atomic mass is 16.1. The van der Waals surface area contributed by atoms with Gasteiger partial charge < -0.3 is 20.4 Å². The van der Waals surface area contributed by atoms with Crippen molar-refractivity contribution in [1.29, 1.82) is 0 Å². The topological polar surface area (TPSA) is 47.6 Å². The number of rotatable bonds is 4. The van der Waals surface area contributed by atoms with Gasteiger partial charge in [0.05, 0.1) is 6.54 Å². The Bertz CT molecular complexity index is 484. The number of nitrogens with zero attached hydrogens (tertiary/aromatic N) is 2. The zero-order valence-electron chi connectivity index (χ0n) is 14.1. The molecule has 0 aliphatic carbocycles. The van der Waals surface area contributed by atoms with Gasteiger partial charge >= 0.3 is 0 Å². The number of carbonyl (C=O) groups is 1. The lowest BCUT2D eigenvalue weighted by Crippen LogP contribution is -2.44. The summed E-state index contributed by atoms with van der Waals surface area (Å²) in [5.41, 5.74) is 2.01. The second-order valence-electron chi connectivity index (χ2n) is 6.99. The first-order valence-corrected chi connectivity index (χ1v) is 7.92. The Morgan fingerprint density at radius 3 is 2.23 bits per heavy atom. The van der Waals surface area contributed by atoms with Crippen molar-refractivity contribution in [2.45, 2.75) is 26.3 Å². The minimum Gasteiger partial charge on any atom is -0.369 e. The lowest BCUT2D eigenvalue weighted by atomic mass is 10.1. The van der Waals surface area contributed by atoms with Gasteiger partial charge in [-0.2, -0.15) is 0 Å². The van der Waals surface area contributed by atoms with E-state index in [1.165, 1.54) is 5.69 Å². The molecule has 1 aromatic carbocycles. The molecule has 122 valence electrons. The van der Waals surface area contributed by atoms with Crippen LogP contribution in [-0.2, 0) is 4.79 Å². The number of carbonyl (C=O) groups excluding carboxylic acids is 1. The molecule has 22 heavy (non-hydrogen) atoms. The summed E-state index contributed by atoms with van der Waals surface area (Å²) in [6, 6.07) is 8.11. The van der Waals surface area contributed by atoms with Crippen LogP contribution in [0.25, 0.3) is 0 Å². The second kappa shape index (κ2) is 7.11. The second-order valence-corrected chi connectivity index (χ2v) is 6.99. The summed E-state index contributed by atoms with van der Waals surface area (Å²) in [7, 11) is 2.15. The quantitative estimate of drug-likeness (QED) is 0.890. The molecule has 0 aromatic heterocycles. The van der Waals surface area contributed by atoms with Gasteiger partial charge in [-0.15, -0.1) is 0 Å². The Morgan fingerprint density at radius 2 is 1.68 bits per heavy atom. The molecule has 0 bridgehead atoms. The molecule has 0 spiro atoms. The Kier molecular flexibility index (Phi) is 5.42. The largest absolute Gasteiger partial charge is 0.369 e. The predicted octanol–water partition coefficient (Wildman–Crippen LogP) is 1.76. The van der Waals surface area contributed by atoms with Gasteiger partial charge in [-0.1, -0.05) is 0 Å². The van der Waals surface area contributed by atoms with E-state index in [1.807, 2.05) is 32.9 Å². The number of benzene rings is 1. The van der Waals surface area contributed by atoms with Gasteiger partial charge in [-0.3, -0.25) is 4.79 Å². The van der Waals surface area contributed by atoms with Crippen LogP contribution in [0.4, 0.5) is 11.4 Å². The molecule has 1 fully saturated rings. The van der Waals surface area contributed by atoms with E-state index in [9.17, 15) is 4.79 Å². The van der Waals surface area contributed by atoms with E-state index < -0.39 is 0 Å². The van der Waals surface area contributed by atoms with E-state index >= 15 is 0 Å². The fourth-order valence-corrected chi connectivity index (χ4v) is 2.37. The number of anilines is 2. The Hall–Kier alpha value is -1.59. The zero-order valence-corrected chi connectivity index (χ0v) is 14.1. The molecule has 1 saturated heterocycles. The maximum absolute atomic E-state index is 11.9. The standard InChI is InChI=1S/C17H28N4O/c1-17(2,3)18-13-16(22)19-14-5-7-15(8-6-14)21-11-9-20(4)10-12-21/h5-8,18H,9-13H2,1-4H3,(H,19,22). The van der Waals surface area contributed by atoms with Gasteiger partial charge in [0.15, 0.2) is 0 Å². The van der Waals surface area contributed by atoms with Gasteiger partial charge in [0.1, 0.15) is 0 Å². The first-order chi connectivity index (χ1) is 10.3. The first kappa shape index (κ1) is 16.8. The van der Waals surface area contributed by atoms with Crippen LogP contribution >= 0.6 is 0 Å². The lowest BCUT2D eigenvalue weighted by Gasteiger charge is -2.34. The Morgan fingerprint density at radius 1 is 1.09 bits per heavy atom. The number of hydrogen-bond donors (Lipinski definition) is 2. The van der Waals surface area contributed by atoms with Crippen molar-refractivity contribution in [3.05, 3.63) is 24.3 Å². The normalized spacial score (nSPS) is 16.6. The van der Waals surface area contributed by atoms with Gasteiger partial charge in [-0.05, 0) is 52.1 Å². The maximum Gasteiger partial charge on any atom is 0.238 e. The zero-order chi connectivity index (χ0) is 16.2. The molecule has 0 saturated carbocycles. The van der Waals surface area contributed by atoms with E-state index in [2.05, 4.69) is 39.6 Å². The molecular formula is C17H28N4O. The van der Waals surface area contributed by atoms with Crippen LogP contribution < -0.4 is 15.5 Å². The van der Waals surface area contributed by atoms with E-state index in [0.717, 1.165) is 31.9 Å². The monoisotopic (exact) mass is 304 g/mol. The summed E-state index contributed by atoms with van der Waals surface area (Å²) in [5, 5.41) is 6.11. The Balaban J connectivity index is 1.85. The molecule has 1 aromatic rings. The number of nitrogens with one attached hydrogen (secondary N) is 2. The van der Waals surface area contributed by atoms with Crippen molar-refractivity contribution in [2.75, 3.05) is 50.0 Å². The molecule has 0 unspecified atom stereocenters. The molecule has 1 aliphatic heterocycles. The molecule has 1 amide bonds. The highest BCUT2D eigenvalue weighted by Gasteiger charge is 2.14. The van der Waals surface area contributed by atoms with Crippen LogP contribution in [0, 0.1) is 0 Å². The fourth-order valence-electron chi connectivity index (χ4n) is 2.37. The lowest BCUT2D eigenvalue weighted by molar-refractivity contribution is -0.115. The van der Waals surface area contributed by atoms with E-state index in [1.54, 1.807) is 0 Å². The number of hydrogen-bond acceptors (Lipinski definition) is 4. The van der Waals surface area contributed by atoms with Gasteiger partial charge in [-0.25, -0.2) is 0 Å². The van der Waals surface area contributed by atoms with Crippen LogP contribution in [0.3, 0.4) is 0 Å². The van der Waals surface area contributed by atoms with Gasteiger partial charge in [0.25, 0.3) is 0 Å². The fraction of sp³-hybridized carbons (Fsp3) is 0.588. The summed E-state index contributed by atoms with van der Waals surface area (Å²) < 4.78 is 0. The predicted molar refractivity (Wildman–Crippen MR) is 92.5 cm³/mol. The minimum absolute atomic E-state index is 0.0118. The van der Waals surface area contributed by atoms with E-state index in [4.69, 9.17) is 0 Å². The third-order valence-electron chi connectivity index (χ3n) is 3.80. The smallest absolute Gasteiger partial charge is 0.238 e. The van der Waals surface area contributed by atoms with Crippen LogP contribution in [0.15, 0.2) is 24.3 Å². The van der Waals surface area contributed by atoms with Crippen molar-refractivity contribution in [1.82, 2.24) is 10.2 Å². The van der Waals surface area contributed by atoms with Crippen molar-refractivity contribution < 1.29 is 4.79 Å². The van der Waals surface area contributed by atoms with Crippen molar-refractivity contribution in [3.8, 4) is 0 Å². The molecule has 5 nitrogen and oxygen atoms in total. The molecule has 0 radical (unpaired) electrons. The third kappa shape index (κ3) is 5.31. The van der Waals surface area contributed by atoms with Crippen LogP contribution in [0.2, 0.25) is 0 Å². The van der Waals surface area contributed by atoms with Gasteiger partial charge in [0.2, 0.25) is 5.91 Å². The minimum atomic E-state index is -0.0530. The third-order valence-corrected chi connectivity index (χ3v) is 3.80. The summed E-state index contributed by atoms with van der Waals surface area (Å²) in [4.78, 5) is 16.6. The van der Waals surface area contributed by atoms with Crippen LogP contribution in [-0.4, -0.2) is 56.1 Å². The highest BCUT2D eigenvalue weighted by Crippen LogP contribution is 2.19. The molecule has 2 rings (SSSR count). The summed E-state index contributed by atoms with van der Waals surface area (Å²) in [6.07, 6.45) is 0. The molecule has 0 atom stereocenters. The van der Waals surface area contributed by atoms with Crippen molar-refractivity contribution in [3.63, 3.8) is 0 Å². The summed E-state index contributed by atoms with van der Waals surface area (Å²) in [5.74, 6) is -0.0118. The van der Waals surface area contributed by atoms with Crippen molar-refractivity contribution in [2.24, 2.45) is 0 Å². The number of likely N-dealkylation sites (N-methyl/N-ethyl adjacent to an activating group) is 1. The van der Waals surface area contributed by atoms with E-state index in [0.29, 0.717) is 6.54 Å². The summed E-state index contributed by atoms with van der Waals surface area (Å²) in [6.45, 7) is 10.8. The van der Waals surface area contributed by atoms with Crippen LogP contribution in [0.5, 0.6) is 0 Å². The average Bonchev–Trinajstić information content (AvgIpc) is 2.46. The Labute approximate surface area is 133 Å².